The zero-order chi connectivity index (χ0) is 20.6. The van der Waals surface area contributed by atoms with Crippen LogP contribution in [0, 0.1) is 5.92 Å². The SMILES string of the molecule is COc1cc(CCC(=O)N2CCC(C(=O)Nc3ccncc3)CC2)cc(OC)c1. The highest BCUT2D eigenvalue weighted by molar-refractivity contribution is 5.92. The molecule has 1 fully saturated rings. The van der Waals surface area contributed by atoms with Gasteiger partial charge in [-0.05, 0) is 49.1 Å². The normalized spacial score (nSPS) is 14.3. The number of aromatic nitrogens is 1. The minimum atomic E-state index is -0.0742. The van der Waals surface area contributed by atoms with Crippen molar-refractivity contribution >= 4 is 17.5 Å². The highest BCUT2D eigenvalue weighted by Gasteiger charge is 2.27. The van der Waals surface area contributed by atoms with E-state index in [1.54, 1.807) is 38.7 Å². The van der Waals surface area contributed by atoms with E-state index in [-0.39, 0.29) is 17.7 Å². The highest BCUT2D eigenvalue weighted by atomic mass is 16.5. The molecule has 154 valence electrons. The topological polar surface area (TPSA) is 80.8 Å². The van der Waals surface area contributed by atoms with Crippen LogP contribution >= 0.6 is 0 Å². The summed E-state index contributed by atoms with van der Waals surface area (Å²) in [6.07, 6.45) is 5.69. The molecule has 1 aromatic carbocycles. The van der Waals surface area contributed by atoms with Crippen LogP contribution in [0.3, 0.4) is 0 Å². The van der Waals surface area contributed by atoms with E-state index in [0.717, 1.165) is 11.3 Å². The van der Waals surface area contributed by atoms with Gasteiger partial charge in [-0.1, -0.05) is 0 Å². The Balaban J connectivity index is 1.47. The van der Waals surface area contributed by atoms with Gasteiger partial charge in [-0.15, -0.1) is 0 Å². The standard InChI is InChI=1S/C22H27N3O4/c1-28-19-13-16(14-20(15-19)29-2)3-4-21(26)25-11-7-17(8-12-25)22(27)24-18-5-9-23-10-6-18/h5-6,9-10,13-15,17H,3-4,7-8,11-12H2,1-2H3,(H,23,24,27). The molecule has 0 unspecified atom stereocenters. The lowest BCUT2D eigenvalue weighted by Gasteiger charge is -2.31. The molecule has 7 heteroatoms. The molecule has 2 heterocycles. The number of nitrogens with one attached hydrogen (secondary N) is 1. The molecule has 2 amide bonds. The summed E-state index contributed by atoms with van der Waals surface area (Å²) in [7, 11) is 3.22. The number of benzene rings is 1. The Bertz CT molecular complexity index is 811. The number of aryl methyl sites for hydroxylation is 1. The van der Waals surface area contributed by atoms with Crippen molar-refractivity contribution in [3.8, 4) is 11.5 Å². The molecule has 0 bridgehead atoms. The second-order valence-corrected chi connectivity index (χ2v) is 7.10. The van der Waals surface area contributed by atoms with Crippen LogP contribution in [0.2, 0.25) is 0 Å². The predicted molar refractivity (Wildman–Crippen MR) is 110 cm³/mol. The minimum absolute atomic E-state index is 0.00627. The summed E-state index contributed by atoms with van der Waals surface area (Å²) in [5.74, 6) is 1.47. The van der Waals surface area contributed by atoms with Gasteiger partial charge in [0.1, 0.15) is 11.5 Å². The number of anilines is 1. The van der Waals surface area contributed by atoms with Crippen LogP contribution in [-0.4, -0.2) is 49.0 Å². The van der Waals surface area contributed by atoms with Crippen LogP contribution < -0.4 is 14.8 Å². The molecule has 29 heavy (non-hydrogen) atoms. The molecule has 2 aromatic rings. The molecule has 0 spiro atoms. The third-order valence-corrected chi connectivity index (χ3v) is 5.21. The van der Waals surface area contributed by atoms with Gasteiger partial charge in [0.25, 0.3) is 0 Å². The lowest BCUT2D eigenvalue weighted by atomic mass is 9.95. The fourth-order valence-corrected chi connectivity index (χ4v) is 3.49. The zero-order valence-electron chi connectivity index (χ0n) is 16.9. The lowest BCUT2D eigenvalue weighted by Crippen LogP contribution is -2.41. The molecule has 3 rings (SSSR count). The third kappa shape index (κ3) is 5.70. The van der Waals surface area contributed by atoms with Crippen molar-refractivity contribution in [1.82, 2.24) is 9.88 Å². The van der Waals surface area contributed by atoms with Crippen LogP contribution in [0.15, 0.2) is 42.7 Å². The van der Waals surface area contributed by atoms with Crippen molar-refractivity contribution in [1.29, 1.82) is 0 Å². The average Bonchev–Trinajstić information content (AvgIpc) is 2.77. The second-order valence-electron chi connectivity index (χ2n) is 7.10. The van der Waals surface area contributed by atoms with Crippen LogP contribution in [0.4, 0.5) is 5.69 Å². The highest BCUT2D eigenvalue weighted by Crippen LogP contribution is 2.24. The fraction of sp³-hybridized carbons (Fsp3) is 0.409. The number of ether oxygens (including phenoxy) is 2. The smallest absolute Gasteiger partial charge is 0.227 e. The number of amides is 2. The van der Waals surface area contributed by atoms with Crippen molar-refractivity contribution in [3.05, 3.63) is 48.3 Å². The first-order chi connectivity index (χ1) is 14.1. The Morgan fingerprint density at radius 1 is 1.07 bits per heavy atom. The summed E-state index contributed by atoms with van der Waals surface area (Å²) >= 11 is 0. The van der Waals surface area contributed by atoms with Crippen molar-refractivity contribution in [2.45, 2.75) is 25.7 Å². The molecule has 1 saturated heterocycles. The van der Waals surface area contributed by atoms with Gasteiger partial charge in [-0.2, -0.15) is 0 Å². The molecule has 1 aromatic heterocycles. The Kier molecular flexibility index (Phi) is 7.05. The van der Waals surface area contributed by atoms with Gasteiger partial charge >= 0.3 is 0 Å². The summed E-state index contributed by atoms with van der Waals surface area (Å²) in [4.78, 5) is 30.8. The Hall–Kier alpha value is -3.09. The number of rotatable bonds is 7. The Morgan fingerprint density at radius 2 is 1.69 bits per heavy atom. The van der Waals surface area contributed by atoms with Crippen LogP contribution in [0.5, 0.6) is 11.5 Å². The van der Waals surface area contributed by atoms with Gasteiger partial charge in [0.2, 0.25) is 11.8 Å². The van der Waals surface area contributed by atoms with Gasteiger partial charge in [-0.25, -0.2) is 0 Å². The quantitative estimate of drug-likeness (QED) is 0.777. The number of likely N-dealkylation sites (tertiary alicyclic amines) is 1. The van der Waals surface area contributed by atoms with Crippen molar-refractivity contribution in [2.24, 2.45) is 5.92 Å². The summed E-state index contributed by atoms with van der Waals surface area (Å²) in [5, 5.41) is 2.92. The monoisotopic (exact) mass is 397 g/mol. The molecule has 1 N–H and O–H groups in total. The summed E-state index contributed by atoms with van der Waals surface area (Å²) < 4.78 is 10.6. The zero-order valence-corrected chi connectivity index (χ0v) is 16.9. The molecular weight excluding hydrogens is 370 g/mol. The molecule has 7 nitrogen and oxygen atoms in total. The van der Waals surface area contributed by atoms with E-state index in [2.05, 4.69) is 10.3 Å². The van der Waals surface area contributed by atoms with E-state index in [0.29, 0.717) is 50.3 Å². The first-order valence-electron chi connectivity index (χ1n) is 9.79. The largest absolute Gasteiger partial charge is 0.497 e. The van der Waals surface area contributed by atoms with E-state index >= 15 is 0 Å². The van der Waals surface area contributed by atoms with Crippen molar-refractivity contribution in [3.63, 3.8) is 0 Å². The van der Waals surface area contributed by atoms with Crippen molar-refractivity contribution in [2.75, 3.05) is 32.6 Å². The number of nitrogens with zero attached hydrogens (tertiary/aromatic N) is 2. The number of carbonyl (C=O) groups is 2. The Morgan fingerprint density at radius 3 is 2.28 bits per heavy atom. The number of carbonyl (C=O) groups excluding carboxylic acids is 2. The lowest BCUT2D eigenvalue weighted by molar-refractivity contribution is -0.134. The first kappa shape index (κ1) is 20.6. The minimum Gasteiger partial charge on any atom is -0.497 e. The van der Waals surface area contributed by atoms with Crippen LogP contribution in [0.1, 0.15) is 24.8 Å². The molecule has 0 atom stereocenters. The molecule has 1 aliphatic heterocycles. The van der Waals surface area contributed by atoms with Gasteiger partial charge in [-0.3, -0.25) is 14.6 Å². The van der Waals surface area contributed by atoms with Crippen LogP contribution in [0.25, 0.3) is 0 Å². The Labute approximate surface area is 171 Å². The number of pyridine rings is 1. The molecule has 0 radical (unpaired) electrons. The molecular formula is C22H27N3O4. The number of piperidine rings is 1. The second kappa shape index (κ2) is 9.91. The van der Waals surface area contributed by atoms with E-state index < -0.39 is 0 Å². The maximum atomic E-state index is 12.6. The summed E-state index contributed by atoms with van der Waals surface area (Å²) in [6, 6.07) is 9.19. The van der Waals surface area contributed by atoms with Crippen LogP contribution in [-0.2, 0) is 16.0 Å². The number of hydrogen-bond donors (Lipinski definition) is 1. The van der Waals surface area contributed by atoms with Gasteiger partial charge in [0, 0.05) is 49.6 Å². The number of methoxy groups -OCH3 is 2. The van der Waals surface area contributed by atoms with Gasteiger partial charge < -0.3 is 19.7 Å². The molecule has 1 aliphatic rings. The van der Waals surface area contributed by atoms with E-state index in [9.17, 15) is 9.59 Å². The molecule has 0 saturated carbocycles. The van der Waals surface area contributed by atoms with E-state index in [1.807, 2.05) is 23.1 Å². The maximum Gasteiger partial charge on any atom is 0.227 e. The van der Waals surface area contributed by atoms with E-state index in [1.165, 1.54) is 0 Å². The fourth-order valence-electron chi connectivity index (χ4n) is 3.49. The van der Waals surface area contributed by atoms with Crippen molar-refractivity contribution < 1.29 is 19.1 Å². The number of hydrogen-bond acceptors (Lipinski definition) is 5. The first-order valence-corrected chi connectivity index (χ1v) is 9.79. The summed E-state index contributed by atoms with van der Waals surface area (Å²) in [5.41, 5.74) is 1.75. The van der Waals surface area contributed by atoms with E-state index in [4.69, 9.17) is 9.47 Å². The maximum absolute atomic E-state index is 12.6. The van der Waals surface area contributed by atoms with Gasteiger partial charge in [0.15, 0.2) is 0 Å². The predicted octanol–water partition coefficient (Wildman–Crippen LogP) is 2.91. The summed E-state index contributed by atoms with van der Waals surface area (Å²) in [6.45, 7) is 1.21. The van der Waals surface area contributed by atoms with Gasteiger partial charge in [0.05, 0.1) is 14.2 Å². The third-order valence-electron chi connectivity index (χ3n) is 5.21. The molecule has 0 aliphatic carbocycles. The average molecular weight is 397 g/mol.